The molecule has 0 bridgehead atoms. The lowest BCUT2D eigenvalue weighted by molar-refractivity contribution is -0.147. The van der Waals surface area contributed by atoms with Gasteiger partial charge >= 0.3 is 5.97 Å². The molecule has 0 N–H and O–H groups in total. The molecule has 2 nitrogen and oxygen atoms in total. The minimum absolute atomic E-state index is 0.223. The SMILES string of the molecule is COC(=O)C1(C2(C)c3ccccc3-c3ccccc32)c2ccccc2-c2ccccc21. The van der Waals surface area contributed by atoms with Crippen LogP contribution in [0.5, 0.6) is 0 Å². The second kappa shape index (κ2) is 6.18. The van der Waals surface area contributed by atoms with E-state index >= 15 is 0 Å². The van der Waals surface area contributed by atoms with Crippen LogP contribution in [0.2, 0.25) is 0 Å². The summed E-state index contributed by atoms with van der Waals surface area (Å²) in [5.41, 5.74) is 7.30. The van der Waals surface area contributed by atoms with Crippen molar-refractivity contribution in [2.45, 2.75) is 17.8 Å². The molecule has 0 heterocycles. The summed E-state index contributed by atoms with van der Waals surface area (Å²) >= 11 is 0. The summed E-state index contributed by atoms with van der Waals surface area (Å²) in [6.45, 7) is 2.22. The van der Waals surface area contributed by atoms with Crippen molar-refractivity contribution >= 4 is 5.97 Å². The Morgan fingerprint density at radius 3 is 1.29 bits per heavy atom. The summed E-state index contributed by atoms with van der Waals surface area (Å²) in [4.78, 5) is 14.1. The van der Waals surface area contributed by atoms with Gasteiger partial charge in [0.2, 0.25) is 0 Å². The fourth-order valence-electron chi connectivity index (χ4n) is 6.21. The summed E-state index contributed by atoms with van der Waals surface area (Å²) < 4.78 is 5.62. The maximum atomic E-state index is 14.1. The van der Waals surface area contributed by atoms with E-state index in [4.69, 9.17) is 4.74 Å². The number of hydrogen-bond acceptors (Lipinski definition) is 2. The Bertz CT molecular complexity index is 1270. The fraction of sp³-hybridized carbons (Fsp3) is 0.138. The second-order valence-electron chi connectivity index (χ2n) is 8.55. The van der Waals surface area contributed by atoms with Crippen LogP contribution < -0.4 is 0 Å². The van der Waals surface area contributed by atoms with Crippen molar-refractivity contribution in [2.75, 3.05) is 7.11 Å². The van der Waals surface area contributed by atoms with Crippen molar-refractivity contribution in [2.24, 2.45) is 0 Å². The Labute approximate surface area is 182 Å². The number of hydrogen-bond donors (Lipinski definition) is 0. The Kier molecular flexibility index (Phi) is 3.62. The maximum Gasteiger partial charge on any atom is 0.322 e. The number of rotatable bonds is 2. The van der Waals surface area contributed by atoms with Crippen molar-refractivity contribution in [3.05, 3.63) is 119 Å². The Morgan fingerprint density at radius 1 is 0.581 bits per heavy atom. The molecule has 150 valence electrons. The molecule has 0 unspecified atom stereocenters. The number of methoxy groups -OCH3 is 1. The van der Waals surface area contributed by atoms with Gasteiger partial charge in [-0.05, 0) is 51.4 Å². The third-order valence-electron chi connectivity index (χ3n) is 7.42. The first-order valence-electron chi connectivity index (χ1n) is 10.6. The normalized spacial score (nSPS) is 16.1. The molecule has 4 aromatic carbocycles. The highest BCUT2D eigenvalue weighted by Crippen LogP contribution is 2.65. The van der Waals surface area contributed by atoms with Crippen molar-refractivity contribution in [1.29, 1.82) is 0 Å². The third kappa shape index (κ3) is 1.96. The molecule has 2 aliphatic rings. The van der Waals surface area contributed by atoms with Gasteiger partial charge in [-0.15, -0.1) is 0 Å². The summed E-state index contributed by atoms with van der Waals surface area (Å²) in [6.07, 6.45) is 0. The number of fused-ring (bicyclic) bond motifs is 6. The van der Waals surface area contributed by atoms with Gasteiger partial charge in [0.05, 0.1) is 7.11 Å². The first-order chi connectivity index (χ1) is 15.2. The Balaban J connectivity index is 1.84. The molecule has 6 rings (SSSR count). The molecule has 0 aromatic heterocycles. The van der Waals surface area contributed by atoms with Gasteiger partial charge in [-0.25, -0.2) is 0 Å². The van der Waals surface area contributed by atoms with E-state index in [9.17, 15) is 4.79 Å². The number of esters is 1. The van der Waals surface area contributed by atoms with Crippen LogP contribution in [-0.2, 0) is 20.4 Å². The number of carbonyl (C=O) groups is 1. The molecular formula is C29H22O2. The predicted octanol–water partition coefficient (Wildman–Crippen LogP) is 6.11. The van der Waals surface area contributed by atoms with Crippen molar-refractivity contribution in [3.8, 4) is 22.3 Å². The lowest BCUT2D eigenvalue weighted by atomic mass is 9.55. The van der Waals surface area contributed by atoms with Crippen LogP contribution in [0.25, 0.3) is 22.3 Å². The van der Waals surface area contributed by atoms with Gasteiger partial charge in [0.1, 0.15) is 5.41 Å². The molecule has 4 aromatic rings. The molecule has 0 atom stereocenters. The standard InChI is InChI=1S/C29H22O2/c1-28(23-15-7-3-11-19(23)20-12-4-8-16-24(20)28)29(27(30)31-2)25-17-9-5-13-21(25)22-14-6-10-18-26(22)29/h3-18H,1-2H3. The molecule has 0 spiro atoms. The molecule has 0 amide bonds. The largest absolute Gasteiger partial charge is 0.468 e. The average Bonchev–Trinajstić information content (AvgIpc) is 3.28. The van der Waals surface area contributed by atoms with E-state index in [1.165, 1.54) is 18.2 Å². The first-order valence-corrected chi connectivity index (χ1v) is 10.6. The second-order valence-corrected chi connectivity index (χ2v) is 8.55. The lowest BCUT2D eigenvalue weighted by Gasteiger charge is -2.45. The smallest absolute Gasteiger partial charge is 0.322 e. The molecule has 2 aliphatic carbocycles. The van der Waals surface area contributed by atoms with Crippen LogP contribution >= 0.6 is 0 Å². The van der Waals surface area contributed by atoms with Gasteiger partial charge in [-0.1, -0.05) is 97.1 Å². The summed E-state index contributed by atoms with van der Waals surface area (Å²) in [5, 5.41) is 0. The molecular weight excluding hydrogens is 380 g/mol. The maximum absolute atomic E-state index is 14.1. The van der Waals surface area contributed by atoms with Crippen LogP contribution in [0.4, 0.5) is 0 Å². The number of carbonyl (C=O) groups excluding carboxylic acids is 1. The monoisotopic (exact) mass is 402 g/mol. The summed E-state index contributed by atoms with van der Waals surface area (Å²) in [6, 6.07) is 33.5. The van der Waals surface area contributed by atoms with Crippen LogP contribution in [0.1, 0.15) is 29.2 Å². The zero-order valence-electron chi connectivity index (χ0n) is 17.6. The van der Waals surface area contributed by atoms with E-state index in [1.54, 1.807) is 0 Å². The first kappa shape index (κ1) is 18.1. The molecule has 0 saturated carbocycles. The highest BCUT2D eigenvalue weighted by molar-refractivity contribution is 6.02. The molecule has 0 aliphatic heterocycles. The zero-order chi connectivity index (χ0) is 21.2. The van der Waals surface area contributed by atoms with Crippen molar-refractivity contribution in [1.82, 2.24) is 0 Å². The minimum Gasteiger partial charge on any atom is -0.468 e. The number of ether oxygens (including phenoxy) is 1. The van der Waals surface area contributed by atoms with E-state index in [1.807, 2.05) is 24.3 Å². The van der Waals surface area contributed by atoms with E-state index < -0.39 is 10.8 Å². The molecule has 31 heavy (non-hydrogen) atoms. The van der Waals surface area contributed by atoms with Gasteiger partial charge in [-0.3, -0.25) is 4.79 Å². The summed E-state index contributed by atoms with van der Waals surface area (Å²) in [7, 11) is 1.50. The van der Waals surface area contributed by atoms with Crippen LogP contribution in [0.15, 0.2) is 97.1 Å². The molecule has 2 heteroatoms. The van der Waals surface area contributed by atoms with Gasteiger partial charge < -0.3 is 4.74 Å². The molecule has 0 radical (unpaired) electrons. The minimum atomic E-state index is -0.988. The lowest BCUT2D eigenvalue weighted by Crippen LogP contribution is -2.53. The topological polar surface area (TPSA) is 26.3 Å². The molecule has 0 fully saturated rings. The van der Waals surface area contributed by atoms with Crippen LogP contribution in [-0.4, -0.2) is 13.1 Å². The summed E-state index contributed by atoms with van der Waals surface area (Å²) in [5.74, 6) is -0.223. The average molecular weight is 402 g/mol. The third-order valence-corrected chi connectivity index (χ3v) is 7.42. The van der Waals surface area contributed by atoms with Gasteiger partial charge in [-0.2, -0.15) is 0 Å². The fourth-order valence-corrected chi connectivity index (χ4v) is 6.21. The van der Waals surface area contributed by atoms with E-state index in [-0.39, 0.29) is 5.97 Å². The van der Waals surface area contributed by atoms with Crippen molar-refractivity contribution < 1.29 is 9.53 Å². The quantitative estimate of drug-likeness (QED) is 0.378. The Morgan fingerprint density at radius 2 is 0.903 bits per heavy atom. The van der Waals surface area contributed by atoms with Gasteiger partial charge in [0.15, 0.2) is 0 Å². The highest BCUT2D eigenvalue weighted by atomic mass is 16.5. The van der Waals surface area contributed by atoms with Crippen LogP contribution in [0.3, 0.4) is 0 Å². The van der Waals surface area contributed by atoms with E-state index in [0.717, 1.165) is 33.4 Å². The van der Waals surface area contributed by atoms with Gasteiger partial charge in [0.25, 0.3) is 0 Å². The van der Waals surface area contributed by atoms with Gasteiger partial charge in [0, 0.05) is 5.41 Å². The predicted molar refractivity (Wildman–Crippen MR) is 123 cm³/mol. The zero-order valence-corrected chi connectivity index (χ0v) is 17.6. The van der Waals surface area contributed by atoms with E-state index in [2.05, 4.69) is 79.7 Å². The van der Waals surface area contributed by atoms with Crippen molar-refractivity contribution in [3.63, 3.8) is 0 Å². The number of benzene rings is 4. The molecule has 0 saturated heterocycles. The van der Waals surface area contributed by atoms with Crippen LogP contribution in [0, 0.1) is 0 Å². The highest BCUT2D eigenvalue weighted by Gasteiger charge is 2.64. The Hall–Kier alpha value is -3.65. The van der Waals surface area contributed by atoms with E-state index in [0.29, 0.717) is 0 Å².